The third kappa shape index (κ3) is 86.5. The molecule has 0 aliphatic heterocycles. The number of hydrogen-bond acceptors (Lipinski definition) is 8. The minimum atomic E-state index is -4.62. The molecule has 0 spiro atoms. The zero-order chi connectivity index (χ0) is 63.1. The van der Waals surface area contributed by atoms with Crippen molar-refractivity contribution in [3.8, 4) is 0 Å². The van der Waals surface area contributed by atoms with E-state index in [1.54, 1.807) is 0 Å². The van der Waals surface area contributed by atoms with E-state index in [4.69, 9.17) is 0 Å². The Kier molecular flexibility index (Phi) is 81.3. The standard InChI is InChI=1S/2C38H76O4S.Ca/c2*1-3-5-7-9-11-13-15-17-19-20-22-24-26-28-30-32-34-36-38(37-42-43(39,40)41)35-33-31-29-27-25-23-21-18-16-14-12-10-8-6-4-2;/h2*33,35,38H,3-32,34,36-37H2,1-2H3,(H,39,40,41);/q;;+2/p-2/b2*35-33+;. The monoisotopic (exact) mass is 1300 g/mol. The van der Waals surface area contributed by atoms with E-state index < -0.39 is 20.8 Å². The van der Waals surface area contributed by atoms with E-state index in [0.29, 0.717) is 0 Å². The molecule has 0 aliphatic carbocycles. The van der Waals surface area contributed by atoms with E-state index in [9.17, 15) is 25.9 Å². The van der Waals surface area contributed by atoms with Crippen molar-refractivity contribution in [1.29, 1.82) is 0 Å². The first kappa shape index (κ1) is 91.7. The zero-order valence-corrected chi connectivity index (χ0v) is 62.8. The summed E-state index contributed by atoms with van der Waals surface area (Å²) < 4.78 is 75.1. The van der Waals surface area contributed by atoms with Crippen LogP contribution in [0.4, 0.5) is 0 Å². The van der Waals surface area contributed by atoms with Crippen molar-refractivity contribution >= 4 is 58.5 Å². The summed E-state index contributed by atoms with van der Waals surface area (Å²) in [4.78, 5) is 0. The van der Waals surface area contributed by atoms with Crippen LogP contribution in [0.3, 0.4) is 0 Å². The van der Waals surface area contributed by atoms with Gasteiger partial charge in [0.2, 0.25) is 20.8 Å². The summed E-state index contributed by atoms with van der Waals surface area (Å²) in [5, 5.41) is 0. The average molecular weight is 1300 g/mol. The van der Waals surface area contributed by atoms with Crippen molar-refractivity contribution in [3.63, 3.8) is 0 Å². The molecule has 0 aromatic carbocycles. The molecule has 11 heteroatoms. The van der Waals surface area contributed by atoms with Gasteiger partial charge in [-0.1, -0.05) is 424 Å². The predicted molar refractivity (Wildman–Crippen MR) is 380 cm³/mol. The van der Waals surface area contributed by atoms with Gasteiger partial charge in [-0.25, -0.2) is 16.8 Å². The van der Waals surface area contributed by atoms with Crippen molar-refractivity contribution in [2.24, 2.45) is 11.8 Å². The summed E-state index contributed by atoms with van der Waals surface area (Å²) in [5.41, 5.74) is 0. The van der Waals surface area contributed by atoms with Crippen LogP contribution >= 0.6 is 0 Å². The summed E-state index contributed by atoms with van der Waals surface area (Å²) in [6.07, 6.45) is 93.5. The minimum absolute atomic E-state index is 0. The second-order valence-corrected chi connectivity index (χ2v) is 28.8. The summed E-state index contributed by atoms with van der Waals surface area (Å²) in [6.45, 7) is 9.08. The molecule has 516 valence electrons. The first-order chi connectivity index (χ1) is 42.0. The molecule has 0 saturated heterocycles. The molecule has 0 saturated carbocycles. The number of allylic oxidation sites excluding steroid dienone is 2. The Labute approximate surface area is 576 Å². The van der Waals surface area contributed by atoms with Crippen LogP contribution in [0, 0.1) is 11.8 Å². The normalized spacial score (nSPS) is 12.8. The summed E-state index contributed by atoms with van der Waals surface area (Å²) in [6, 6.07) is 0. The number of unbranched alkanes of at least 4 members (excludes halogenated alkanes) is 58. The van der Waals surface area contributed by atoms with Gasteiger partial charge in [-0.3, -0.25) is 8.37 Å². The van der Waals surface area contributed by atoms with Crippen molar-refractivity contribution in [3.05, 3.63) is 24.3 Å². The van der Waals surface area contributed by atoms with Crippen molar-refractivity contribution in [2.75, 3.05) is 13.2 Å². The van der Waals surface area contributed by atoms with Crippen LogP contribution in [-0.2, 0) is 29.2 Å². The molecule has 2 atom stereocenters. The van der Waals surface area contributed by atoms with Gasteiger partial charge in [-0.2, -0.15) is 0 Å². The molecule has 0 amide bonds. The topological polar surface area (TPSA) is 133 Å². The van der Waals surface area contributed by atoms with Crippen LogP contribution < -0.4 is 0 Å². The molecular formula is C76H150CaO8S2. The van der Waals surface area contributed by atoms with Gasteiger partial charge in [0.25, 0.3) is 0 Å². The van der Waals surface area contributed by atoms with Gasteiger partial charge in [0.05, 0.1) is 13.2 Å². The van der Waals surface area contributed by atoms with Crippen LogP contribution in [0.1, 0.15) is 439 Å². The Balaban J connectivity index is -0.00000160. The van der Waals surface area contributed by atoms with Gasteiger partial charge >= 0.3 is 37.7 Å². The van der Waals surface area contributed by atoms with Gasteiger partial charge < -0.3 is 9.11 Å². The Morgan fingerprint density at radius 3 is 0.563 bits per heavy atom. The molecule has 0 aromatic rings. The fourth-order valence-corrected chi connectivity index (χ4v) is 12.9. The zero-order valence-electron chi connectivity index (χ0n) is 58.9. The largest absolute Gasteiger partial charge is 2.00 e. The molecule has 87 heavy (non-hydrogen) atoms. The van der Waals surface area contributed by atoms with Crippen molar-refractivity contribution in [1.82, 2.24) is 0 Å². The second kappa shape index (κ2) is 77.2. The molecule has 0 heterocycles. The summed E-state index contributed by atoms with van der Waals surface area (Å²) in [7, 11) is -9.25. The molecule has 0 radical (unpaired) electrons. The quantitative estimate of drug-likeness (QED) is 0.0193. The maximum atomic E-state index is 11.0. The van der Waals surface area contributed by atoms with Gasteiger partial charge in [0, 0.05) is 11.8 Å². The molecule has 0 N–H and O–H groups in total. The smallest absolute Gasteiger partial charge is 0.726 e. The van der Waals surface area contributed by atoms with E-state index >= 15 is 0 Å². The third-order valence-electron chi connectivity index (χ3n) is 18.0. The molecule has 0 aromatic heterocycles. The Morgan fingerprint density at radius 1 is 0.253 bits per heavy atom. The van der Waals surface area contributed by atoms with Gasteiger partial charge in [-0.05, 0) is 38.5 Å². The molecule has 2 unspecified atom stereocenters. The third-order valence-corrected chi connectivity index (χ3v) is 18.8. The van der Waals surface area contributed by atoms with Crippen LogP contribution in [0.15, 0.2) is 24.3 Å². The Hall–Kier alpha value is 0.480. The maximum Gasteiger partial charge on any atom is 2.00 e. The minimum Gasteiger partial charge on any atom is -0.726 e. The molecular weight excluding hydrogens is 1150 g/mol. The predicted octanol–water partition coefficient (Wildman–Crippen LogP) is 25.9. The SMILES string of the molecule is CCCCCCCCCCCCCCC/C=C/C(CCCCCCCCCCCCCCCCCCC)COS(=O)(=O)[O-].CCCCCCCCCCCCCCC/C=C/C(CCCCCCCCCCCCCCCCCCC)COS(=O)(=O)[O-].[Ca+2]. The Morgan fingerprint density at radius 2 is 0.402 bits per heavy atom. The molecule has 0 fully saturated rings. The molecule has 8 nitrogen and oxygen atoms in total. The van der Waals surface area contributed by atoms with Crippen molar-refractivity contribution in [2.45, 2.75) is 439 Å². The average Bonchev–Trinajstić information content (AvgIpc) is 3.50. The molecule has 0 rings (SSSR count). The van der Waals surface area contributed by atoms with E-state index in [1.165, 1.54) is 372 Å². The van der Waals surface area contributed by atoms with Crippen LogP contribution in [0.2, 0.25) is 0 Å². The molecule has 0 bridgehead atoms. The van der Waals surface area contributed by atoms with Gasteiger partial charge in [-0.15, -0.1) is 0 Å². The first-order valence-corrected chi connectivity index (χ1v) is 41.2. The van der Waals surface area contributed by atoms with E-state index in [1.807, 2.05) is 0 Å². The second-order valence-electron chi connectivity index (χ2n) is 26.7. The fraction of sp³-hybridized carbons (Fsp3) is 0.947. The van der Waals surface area contributed by atoms with E-state index in [2.05, 4.69) is 60.4 Å². The van der Waals surface area contributed by atoms with E-state index in [0.717, 1.165) is 38.5 Å². The number of rotatable bonds is 72. The van der Waals surface area contributed by atoms with Crippen molar-refractivity contribution < 1.29 is 34.3 Å². The van der Waals surface area contributed by atoms with E-state index in [-0.39, 0.29) is 62.8 Å². The summed E-state index contributed by atoms with van der Waals surface area (Å²) in [5.74, 6) is 0.0316. The first-order valence-electron chi connectivity index (χ1n) is 38.5. The van der Waals surface area contributed by atoms with Crippen LogP contribution in [0.25, 0.3) is 0 Å². The van der Waals surface area contributed by atoms with Gasteiger partial charge in [0.15, 0.2) is 0 Å². The van der Waals surface area contributed by atoms with Gasteiger partial charge in [0.1, 0.15) is 0 Å². The Bertz CT molecular complexity index is 1440. The molecule has 0 aliphatic rings. The fourth-order valence-electron chi connectivity index (χ4n) is 12.2. The number of hydrogen-bond donors (Lipinski definition) is 0. The summed E-state index contributed by atoms with van der Waals surface area (Å²) >= 11 is 0. The maximum absolute atomic E-state index is 11.0. The van der Waals surface area contributed by atoms with Crippen LogP contribution in [-0.4, -0.2) is 76.9 Å². The van der Waals surface area contributed by atoms with Crippen LogP contribution in [0.5, 0.6) is 0 Å².